The minimum absolute atomic E-state index is 0.185. The van der Waals surface area contributed by atoms with Crippen LogP contribution in [0.5, 0.6) is 5.75 Å². The smallest absolute Gasteiger partial charge is 0.320 e. The van der Waals surface area contributed by atoms with Gasteiger partial charge in [0.2, 0.25) is 0 Å². The zero-order chi connectivity index (χ0) is 12.3. The van der Waals surface area contributed by atoms with Crippen molar-refractivity contribution in [2.24, 2.45) is 5.73 Å². The topological polar surface area (TPSA) is 72.5 Å². The van der Waals surface area contributed by atoms with Gasteiger partial charge in [-0.3, -0.25) is 4.79 Å². The van der Waals surface area contributed by atoms with Gasteiger partial charge in [0.25, 0.3) is 0 Å². The first-order valence-corrected chi connectivity index (χ1v) is 5.15. The van der Waals surface area contributed by atoms with Gasteiger partial charge in [0.05, 0.1) is 7.11 Å². The van der Waals surface area contributed by atoms with Gasteiger partial charge in [-0.15, -0.1) is 0 Å². The molecule has 0 saturated carbocycles. The zero-order valence-electron chi connectivity index (χ0n) is 9.16. The van der Waals surface area contributed by atoms with Crippen molar-refractivity contribution in [1.82, 2.24) is 0 Å². The van der Waals surface area contributed by atoms with E-state index in [4.69, 9.17) is 27.2 Å². The number of aryl methyl sites for hydroxylation is 1. The molecular weight excluding hydrogens is 230 g/mol. The number of carboxylic acid groups (broad SMARTS) is 1. The summed E-state index contributed by atoms with van der Waals surface area (Å²) in [6.45, 7) is 1.87. The van der Waals surface area contributed by atoms with E-state index in [1.807, 2.05) is 6.92 Å². The molecule has 0 spiro atoms. The molecule has 0 fully saturated rings. The second-order valence-electron chi connectivity index (χ2n) is 3.56. The van der Waals surface area contributed by atoms with Gasteiger partial charge in [-0.1, -0.05) is 11.6 Å². The molecule has 1 rings (SSSR count). The highest BCUT2D eigenvalue weighted by atomic mass is 35.5. The molecule has 0 aliphatic rings. The number of carboxylic acids is 1. The molecule has 0 bridgehead atoms. The van der Waals surface area contributed by atoms with E-state index < -0.39 is 12.0 Å². The van der Waals surface area contributed by atoms with Crippen molar-refractivity contribution in [3.63, 3.8) is 0 Å². The van der Waals surface area contributed by atoms with Gasteiger partial charge in [0.15, 0.2) is 0 Å². The second-order valence-corrected chi connectivity index (χ2v) is 3.97. The van der Waals surface area contributed by atoms with Crippen LogP contribution in [0.3, 0.4) is 0 Å². The number of nitrogens with two attached hydrogens (primary N) is 1. The van der Waals surface area contributed by atoms with Gasteiger partial charge in [-0.25, -0.2) is 0 Å². The van der Waals surface area contributed by atoms with Crippen molar-refractivity contribution in [2.45, 2.75) is 19.4 Å². The van der Waals surface area contributed by atoms with Crippen molar-refractivity contribution in [3.8, 4) is 5.75 Å². The minimum atomic E-state index is -1.05. The van der Waals surface area contributed by atoms with Crippen LogP contribution in [0, 0.1) is 6.92 Å². The molecule has 3 N–H and O–H groups in total. The summed E-state index contributed by atoms with van der Waals surface area (Å²) in [7, 11) is 1.55. The van der Waals surface area contributed by atoms with Crippen LogP contribution < -0.4 is 10.5 Å². The molecule has 1 aromatic rings. The Kier molecular flexibility index (Phi) is 4.15. The highest BCUT2D eigenvalue weighted by Crippen LogP contribution is 2.27. The van der Waals surface area contributed by atoms with Crippen LogP contribution in [0.2, 0.25) is 5.02 Å². The molecule has 0 aliphatic carbocycles. The summed E-state index contributed by atoms with van der Waals surface area (Å²) in [5, 5.41) is 9.23. The third-order valence-electron chi connectivity index (χ3n) is 2.32. The first kappa shape index (κ1) is 12.8. The summed E-state index contributed by atoms with van der Waals surface area (Å²) in [5.41, 5.74) is 7.03. The molecule has 1 unspecified atom stereocenters. The molecule has 1 aromatic carbocycles. The lowest BCUT2D eigenvalue weighted by molar-refractivity contribution is -0.138. The standard InChI is InChI=1S/C11H14ClNO3/c1-6-3-8(12)7(5-10(6)16-2)4-9(13)11(14)15/h3,5,9H,4,13H2,1-2H3,(H,14,15). The van der Waals surface area contributed by atoms with Crippen molar-refractivity contribution >= 4 is 17.6 Å². The Balaban J connectivity index is 3.00. The monoisotopic (exact) mass is 243 g/mol. The first-order chi connectivity index (χ1) is 7.45. The van der Waals surface area contributed by atoms with Gasteiger partial charge >= 0.3 is 5.97 Å². The van der Waals surface area contributed by atoms with Crippen LogP contribution >= 0.6 is 11.6 Å². The number of aliphatic carboxylic acids is 1. The molecule has 0 radical (unpaired) electrons. The summed E-state index contributed by atoms with van der Waals surface area (Å²) >= 11 is 6.00. The highest BCUT2D eigenvalue weighted by Gasteiger charge is 2.15. The van der Waals surface area contributed by atoms with E-state index in [9.17, 15) is 4.79 Å². The van der Waals surface area contributed by atoms with E-state index in [0.29, 0.717) is 16.3 Å². The van der Waals surface area contributed by atoms with Crippen LogP contribution in [-0.4, -0.2) is 24.2 Å². The van der Waals surface area contributed by atoms with E-state index >= 15 is 0 Å². The van der Waals surface area contributed by atoms with Gasteiger partial charge < -0.3 is 15.6 Å². The molecule has 4 nitrogen and oxygen atoms in total. The maximum absolute atomic E-state index is 10.6. The van der Waals surface area contributed by atoms with Crippen LogP contribution in [0.25, 0.3) is 0 Å². The number of hydrogen-bond donors (Lipinski definition) is 2. The van der Waals surface area contributed by atoms with Crippen LogP contribution in [-0.2, 0) is 11.2 Å². The van der Waals surface area contributed by atoms with Crippen molar-refractivity contribution in [3.05, 3.63) is 28.3 Å². The Hall–Kier alpha value is -1.26. The van der Waals surface area contributed by atoms with Crippen LogP contribution in [0.1, 0.15) is 11.1 Å². The molecule has 88 valence electrons. The van der Waals surface area contributed by atoms with E-state index in [0.717, 1.165) is 5.56 Å². The Bertz CT molecular complexity index is 406. The maximum Gasteiger partial charge on any atom is 0.320 e. The number of methoxy groups -OCH3 is 1. The number of benzene rings is 1. The average Bonchev–Trinajstić information content (AvgIpc) is 2.21. The quantitative estimate of drug-likeness (QED) is 0.843. The number of halogens is 1. The lowest BCUT2D eigenvalue weighted by atomic mass is 10.0. The first-order valence-electron chi connectivity index (χ1n) is 4.77. The normalized spacial score (nSPS) is 12.2. The molecule has 0 aromatic heterocycles. The molecule has 0 heterocycles. The predicted molar refractivity (Wildman–Crippen MR) is 62.1 cm³/mol. The number of carbonyl (C=O) groups is 1. The SMILES string of the molecule is COc1cc(CC(N)C(=O)O)c(Cl)cc1C. The Morgan fingerprint density at radius 3 is 2.75 bits per heavy atom. The number of ether oxygens (including phenoxy) is 1. The fraction of sp³-hybridized carbons (Fsp3) is 0.364. The van der Waals surface area contributed by atoms with Gasteiger partial charge in [-0.2, -0.15) is 0 Å². The van der Waals surface area contributed by atoms with Crippen molar-refractivity contribution in [1.29, 1.82) is 0 Å². The minimum Gasteiger partial charge on any atom is -0.496 e. The fourth-order valence-electron chi connectivity index (χ4n) is 1.40. The molecular formula is C11H14ClNO3. The van der Waals surface area contributed by atoms with Crippen molar-refractivity contribution in [2.75, 3.05) is 7.11 Å². The van der Waals surface area contributed by atoms with E-state index in [2.05, 4.69) is 0 Å². The largest absolute Gasteiger partial charge is 0.496 e. The van der Waals surface area contributed by atoms with Gasteiger partial charge in [-0.05, 0) is 36.6 Å². The van der Waals surface area contributed by atoms with Crippen molar-refractivity contribution < 1.29 is 14.6 Å². The van der Waals surface area contributed by atoms with E-state index in [1.54, 1.807) is 19.2 Å². The third kappa shape index (κ3) is 2.87. The highest BCUT2D eigenvalue weighted by molar-refractivity contribution is 6.31. The summed E-state index contributed by atoms with van der Waals surface area (Å²) in [4.78, 5) is 10.6. The summed E-state index contributed by atoms with van der Waals surface area (Å²) in [6, 6.07) is 2.51. The predicted octanol–water partition coefficient (Wildman–Crippen LogP) is 1.61. The van der Waals surface area contributed by atoms with Crippen LogP contribution in [0.15, 0.2) is 12.1 Å². The molecule has 1 atom stereocenters. The Labute approximate surface area is 99.0 Å². The van der Waals surface area contributed by atoms with Gasteiger partial charge in [0.1, 0.15) is 11.8 Å². The molecule has 5 heteroatoms. The lowest BCUT2D eigenvalue weighted by Gasteiger charge is -2.12. The third-order valence-corrected chi connectivity index (χ3v) is 2.67. The Morgan fingerprint density at radius 2 is 2.25 bits per heavy atom. The molecule has 0 aliphatic heterocycles. The number of hydrogen-bond acceptors (Lipinski definition) is 3. The summed E-state index contributed by atoms with van der Waals surface area (Å²) in [6.07, 6.45) is 0.185. The molecule has 0 amide bonds. The van der Waals surface area contributed by atoms with E-state index in [-0.39, 0.29) is 6.42 Å². The average molecular weight is 244 g/mol. The Morgan fingerprint density at radius 1 is 1.62 bits per heavy atom. The zero-order valence-corrected chi connectivity index (χ0v) is 9.91. The second kappa shape index (κ2) is 5.18. The molecule has 0 saturated heterocycles. The van der Waals surface area contributed by atoms with Crippen LogP contribution in [0.4, 0.5) is 0 Å². The maximum atomic E-state index is 10.6. The lowest BCUT2D eigenvalue weighted by Crippen LogP contribution is -2.32. The van der Waals surface area contributed by atoms with E-state index in [1.165, 1.54) is 0 Å². The number of rotatable bonds is 4. The molecule has 16 heavy (non-hydrogen) atoms. The van der Waals surface area contributed by atoms with Gasteiger partial charge in [0, 0.05) is 5.02 Å². The fourth-order valence-corrected chi connectivity index (χ4v) is 1.69. The summed E-state index contributed by atoms with van der Waals surface area (Å²) < 4.78 is 5.14. The summed E-state index contributed by atoms with van der Waals surface area (Å²) in [5.74, 6) is -0.368.